The molecule has 0 bridgehead atoms. The summed E-state index contributed by atoms with van der Waals surface area (Å²) in [5, 5.41) is 3.85. The number of anilines is 1. The topological polar surface area (TPSA) is 87.7 Å². The number of aryl methyl sites for hydroxylation is 4. The maximum atomic E-state index is 12.3. The summed E-state index contributed by atoms with van der Waals surface area (Å²) in [7, 11) is 0. The first kappa shape index (κ1) is 19.1. The van der Waals surface area contributed by atoms with Crippen molar-refractivity contribution in [1.82, 2.24) is 15.0 Å². The summed E-state index contributed by atoms with van der Waals surface area (Å²) < 4.78 is 0. The first-order valence-corrected chi connectivity index (χ1v) is 10.8. The van der Waals surface area contributed by atoms with Gasteiger partial charge in [0.05, 0.1) is 22.1 Å². The molecule has 0 aliphatic heterocycles. The number of aromatic amines is 1. The summed E-state index contributed by atoms with van der Waals surface area (Å²) in [6.45, 7) is 9.67. The lowest BCUT2D eigenvalue weighted by Gasteiger charge is -2.10. The molecule has 1 unspecified atom stereocenters. The van der Waals surface area contributed by atoms with Crippen molar-refractivity contribution in [3.8, 4) is 0 Å². The fourth-order valence-corrected chi connectivity index (χ4v) is 5.00. The van der Waals surface area contributed by atoms with Crippen LogP contribution in [-0.2, 0) is 10.5 Å². The molecule has 0 spiro atoms. The van der Waals surface area contributed by atoms with Crippen molar-refractivity contribution >= 4 is 55.7 Å². The van der Waals surface area contributed by atoms with E-state index in [9.17, 15) is 9.59 Å². The molecule has 0 radical (unpaired) electrons. The first-order chi connectivity index (χ1) is 12.3. The Kier molecular flexibility index (Phi) is 5.50. The molecule has 3 aromatic heterocycles. The summed E-state index contributed by atoms with van der Waals surface area (Å²) in [6, 6.07) is 0. The molecule has 0 fully saturated rings. The Bertz CT molecular complexity index is 1020. The van der Waals surface area contributed by atoms with E-state index < -0.39 is 0 Å². The van der Waals surface area contributed by atoms with E-state index >= 15 is 0 Å². The predicted molar refractivity (Wildman–Crippen MR) is 111 cm³/mol. The van der Waals surface area contributed by atoms with Crippen molar-refractivity contribution in [3.63, 3.8) is 0 Å². The highest BCUT2D eigenvalue weighted by molar-refractivity contribution is 7.99. The normalized spacial score (nSPS) is 12.5. The first-order valence-electron chi connectivity index (χ1n) is 8.11. The van der Waals surface area contributed by atoms with E-state index in [2.05, 4.69) is 20.3 Å². The molecular weight excluding hydrogens is 388 g/mol. The number of nitrogens with one attached hydrogen (secondary N) is 2. The lowest BCUT2D eigenvalue weighted by Crippen LogP contribution is -2.23. The largest absolute Gasteiger partial charge is 0.309 e. The number of amides is 1. The Labute approximate surface area is 163 Å². The number of aromatic nitrogens is 3. The number of nitrogens with zero attached hydrogens (tertiary/aromatic N) is 2. The second kappa shape index (κ2) is 7.50. The number of thioether (sulfide) groups is 1. The molecule has 6 nitrogen and oxygen atoms in total. The summed E-state index contributed by atoms with van der Waals surface area (Å²) in [5.41, 5.74) is 1.81. The van der Waals surface area contributed by atoms with Crippen LogP contribution in [0.25, 0.3) is 10.2 Å². The lowest BCUT2D eigenvalue weighted by molar-refractivity contribution is -0.115. The molecule has 26 heavy (non-hydrogen) atoms. The fourth-order valence-electron chi connectivity index (χ4n) is 2.38. The number of H-pyrrole nitrogens is 1. The van der Waals surface area contributed by atoms with Crippen LogP contribution in [0.4, 0.5) is 5.13 Å². The van der Waals surface area contributed by atoms with E-state index in [1.165, 1.54) is 34.4 Å². The average Bonchev–Trinajstić information content (AvgIpc) is 3.04. The zero-order chi connectivity index (χ0) is 19.0. The van der Waals surface area contributed by atoms with Crippen LogP contribution >= 0.6 is 34.4 Å². The van der Waals surface area contributed by atoms with E-state index in [0.717, 1.165) is 25.8 Å². The maximum Gasteiger partial charge on any atom is 0.259 e. The molecule has 0 saturated carbocycles. The summed E-state index contributed by atoms with van der Waals surface area (Å²) in [6.07, 6.45) is 0. The number of thiazole rings is 1. The van der Waals surface area contributed by atoms with Crippen LogP contribution in [0, 0.1) is 27.7 Å². The number of hydrogen-bond donors (Lipinski definition) is 2. The van der Waals surface area contributed by atoms with Gasteiger partial charge in [0, 0.05) is 9.75 Å². The van der Waals surface area contributed by atoms with Crippen LogP contribution in [0.1, 0.15) is 33.8 Å². The van der Waals surface area contributed by atoms with Gasteiger partial charge in [-0.05, 0) is 40.2 Å². The number of rotatable bonds is 5. The zero-order valence-electron chi connectivity index (χ0n) is 15.2. The van der Waals surface area contributed by atoms with Gasteiger partial charge in [-0.1, -0.05) is 0 Å². The van der Waals surface area contributed by atoms with E-state index in [4.69, 9.17) is 0 Å². The van der Waals surface area contributed by atoms with Gasteiger partial charge in [0.25, 0.3) is 5.56 Å². The minimum atomic E-state index is -0.285. The summed E-state index contributed by atoms with van der Waals surface area (Å²) in [4.78, 5) is 39.3. The van der Waals surface area contributed by atoms with Gasteiger partial charge < -0.3 is 10.3 Å². The quantitative estimate of drug-likeness (QED) is 0.668. The Hall–Kier alpha value is -1.71. The number of carbonyl (C=O) groups is 1. The molecule has 138 valence electrons. The molecule has 9 heteroatoms. The van der Waals surface area contributed by atoms with Crippen molar-refractivity contribution < 1.29 is 4.79 Å². The molecule has 0 aliphatic carbocycles. The highest BCUT2D eigenvalue weighted by Crippen LogP contribution is 2.27. The second-order valence-electron chi connectivity index (χ2n) is 6.08. The summed E-state index contributed by atoms with van der Waals surface area (Å²) >= 11 is 4.43. The molecule has 1 amide bonds. The Morgan fingerprint density at radius 3 is 2.58 bits per heavy atom. The molecule has 0 aliphatic rings. The molecule has 0 aromatic carbocycles. The SMILES string of the molecule is Cc1nc(NC(=O)C(C)SCc2nc3sc(C)c(C)c3c(=O)[nH]2)sc1C. The van der Waals surface area contributed by atoms with Crippen molar-refractivity contribution in [1.29, 1.82) is 0 Å². The van der Waals surface area contributed by atoms with E-state index in [0.29, 0.717) is 22.1 Å². The number of carbonyl (C=O) groups excluding carboxylic acids is 1. The summed E-state index contributed by atoms with van der Waals surface area (Å²) in [5.74, 6) is 0.954. The highest BCUT2D eigenvalue weighted by Gasteiger charge is 2.17. The minimum absolute atomic E-state index is 0.102. The third-order valence-corrected chi connectivity index (χ3v) is 7.43. The standard InChI is InChI=1S/C17H20N4O2S3/c1-7-9(3)25-16-13(7)15(23)19-12(20-16)6-24-11(5)14(22)21-17-18-8(2)10(4)26-17/h11H,6H2,1-5H3,(H,18,21,22)(H,19,20,23). The van der Waals surface area contributed by atoms with Crippen molar-refractivity contribution in [2.75, 3.05) is 5.32 Å². The monoisotopic (exact) mass is 408 g/mol. The fraction of sp³-hybridized carbons (Fsp3) is 0.412. The number of thiophene rings is 1. The predicted octanol–water partition coefficient (Wildman–Crippen LogP) is 3.94. The maximum absolute atomic E-state index is 12.3. The van der Waals surface area contributed by atoms with Crippen LogP contribution in [0.15, 0.2) is 4.79 Å². The Morgan fingerprint density at radius 2 is 1.92 bits per heavy atom. The van der Waals surface area contributed by atoms with E-state index in [-0.39, 0.29) is 16.7 Å². The molecule has 3 rings (SSSR count). The van der Waals surface area contributed by atoms with Gasteiger partial charge in [0.15, 0.2) is 5.13 Å². The van der Waals surface area contributed by atoms with Gasteiger partial charge >= 0.3 is 0 Å². The molecule has 2 N–H and O–H groups in total. The Morgan fingerprint density at radius 1 is 1.19 bits per heavy atom. The van der Waals surface area contributed by atoms with E-state index in [1.54, 1.807) is 0 Å². The molecule has 3 aromatic rings. The molecule has 3 heterocycles. The van der Waals surface area contributed by atoms with Gasteiger partial charge in [0.1, 0.15) is 10.7 Å². The van der Waals surface area contributed by atoms with Crippen LogP contribution in [0.3, 0.4) is 0 Å². The van der Waals surface area contributed by atoms with Gasteiger partial charge in [-0.2, -0.15) is 0 Å². The van der Waals surface area contributed by atoms with Gasteiger partial charge in [0.2, 0.25) is 5.91 Å². The number of hydrogen-bond acceptors (Lipinski definition) is 7. The highest BCUT2D eigenvalue weighted by atomic mass is 32.2. The molecule has 1 atom stereocenters. The van der Waals surface area contributed by atoms with Gasteiger partial charge in [-0.15, -0.1) is 34.4 Å². The van der Waals surface area contributed by atoms with Crippen LogP contribution in [-0.4, -0.2) is 26.1 Å². The Balaban J connectivity index is 1.67. The lowest BCUT2D eigenvalue weighted by atomic mass is 10.2. The molecular formula is C17H20N4O2S3. The van der Waals surface area contributed by atoms with E-state index in [1.807, 2.05) is 34.6 Å². The number of fused-ring (bicyclic) bond motifs is 1. The van der Waals surface area contributed by atoms with Crippen LogP contribution in [0.2, 0.25) is 0 Å². The molecule has 0 saturated heterocycles. The van der Waals surface area contributed by atoms with Crippen LogP contribution < -0.4 is 10.9 Å². The van der Waals surface area contributed by atoms with Crippen molar-refractivity contribution in [2.24, 2.45) is 0 Å². The minimum Gasteiger partial charge on any atom is -0.309 e. The zero-order valence-corrected chi connectivity index (χ0v) is 17.7. The van der Waals surface area contributed by atoms with Gasteiger partial charge in [-0.3, -0.25) is 9.59 Å². The van der Waals surface area contributed by atoms with Crippen molar-refractivity contribution in [2.45, 2.75) is 45.6 Å². The van der Waals surface area contributed by atoms with Gasteiger partial charge in [-0.25, -0.2) is 9.97 Å². The average molecular weight is 409 g/mol. The third kappa shape index (κ3) is 3.84. The third-order valence-electron chi connectivity index (χ3n) is 4.19. The smallest absolute Gasteiger partial charge is 0.259 e. The van der Waals surface area contributed by atoms with Crippen LogP contribution in [0.5, 0.6) is 0 Å². The van der Waals surface area contributed by atoms with Crippen molar-refractivity contribution in [3.05, 3.63) is 37.2 Å². The second-order valence-corrected chi connectivity index (χ2v) is 9.81.